The maximum atomic E-state index is 6.27. The van der Waals surface area contributed by atoms with Gasteiger partial charge in [0.1, 0.15) is 10.8 Å². The molecule has 0 atom stereocenters. The smallest absolute Gasteiger partial charge is 0.213 e. The summed E-state index contributed by atoms with van der Waals surface area (Å²) in [6, 6.07) is 9.95. The Morgan fingerprint density at radius 3 is 2.61 bits per heavy atom. The molecule has 0 unspecified atom stereocenters. The van der Waals surface area contributed by atoms with Gasteiger partial charge in [-0.25, -0.2) is 4.98 Å². The van der Waals surface area contributed by atoms with E-state index in [1.807, 2.05) is 24.3 Å². The molecule has 3 rings (SSSR count). The first-order valence-corrected chi connectivity index (χ1v) is 10.2. The van der Waals surface area contributed by atoms with Gasteiger partial charge < -0.3 is 9.47 Å². The fourth-order valence-corrected chi connectivity index (χ4v) is 4.49. The Bertz CT molecular complexity index is 972. The third-order valence-electron chi connectivity index (χ3n) is 4.33. The Kier molecular flexibility index (Phi) is 6.52. The molecule has 148 valence electrons. The number of pyridine rings is 1. The summed E-state index contributed by atoms with van der Waals surface area (Å²) in [6.45, 7) is 6.32. The van der Waals surface area contributed by atoms with E-state index in [1.165, 1.54) is 5.56 Å². The van der Waals surface area contributed by atoms with Crippen LogP contribution in [-0.4, -0.2) is 29.0 Å². The lowest BCUT2D eigenvalue weighted by Crippen LogP contribution is -2.05. The number of methoxy groups -OCH3 is 2. The topological polar surface area (TPSA) is 49.2 Å². The predicted molar refractivity (Wildman–Crippen MR) is 113 cm³/mol. The maximum absolute atomic E-state index is 6.27. The second-order valence-corrected chi connectivity index (χ2v) is 8.22. The van der Waals surface area contributed by atoms with Gasteiger partial charge in [-0.05, 0) is 50.6 Å². The van der Waals surface area contributed by atoms with Crippen molar-refractivity contribution in [2.24, 2.45) is 0 Å². The van der Waals surface area contributed by atoms with Gasteiger partial charge in [0.25, 0.3) is 0 Å². The first kappa shape index (κ1) is 20.6. The van der Waals surface area contributed by atoms with Crippen LogP contribution in [0.25, 0.3) is 0 Å². The number of hydrogen-bond donors (Lipinski definition) is 0. The van der Waals surface area contributed by atoms with Crippen LogP contribution in [-0.2, 0) is 6.42 Å². The van der Waals surface area contributed by atoms with Gasteiger partial charge in [-0.3, -0.25) is 4.68 Å². The summed E-state index contributed by atoms with van der Waals surface area (Å²) < 4.78 is 12.7. The molecule has 0 aliphatic carbocycles. The van der Waals surface area contributed by atoms with Gasteiger partial charge in [-0.1, -0.05) is 23.4 Å². The molecular formula is C21H24ClN3O2S. The van der Waals surface area contributed by atoms with Gasteiger partial charge in [0.05, 0.1) is 19.9 Å². The molecule has 3 aromatic rings. The first-order valence-electron chi connectivity index (χ1n) is 9.00. The van der Waals surface area contributed by atoms with E-state index in [-0.39, 0.29) is 6.04 Å². The van der Waals surface area contributed by atoms with E-state index in [0.717, 1.165) is 33.3 Å². The fourth-order valence-electron chi connectivity index (χ4n) is 2.92. The largest absolute Gasteiger partial charge is 0.497 e. The van der Waals surface area contributed by atoms with Crippen LogP contribution in [0.3, 0.4) is 0 Å². The SMILES string of the molecule is COc1cc(Cl)cc(Sc2c(Cc3ccnc(OC)c3)c(C)nn2C(C)C)c1. The number of halogens is 1. The van der Waals surface area contributed by atoms with Crippen LogP contribution in [0.15, 0.2) is 46.5 Å². The molecule has 2 aromatic heterocycles. The van der Waals surface area contributed by atoms with Gasteiger partial charge in [0.15, 0.2) is 0 Å². The molecule has 0 fully saturated rings. The van der Waals surface area contributed by atoms with Crippen molar-refractivity contribution in [1.82, 2.24) is 14.8 Å². The summed E-state index contributed by atoms with van der Waals surface area (Å²) in [7, 11) is 3.27. The number of rotatable bonds is 7. The minimum absolute atomic E-state index is 0.239. The van der Waals surface area contributed by atoms with Crippen molar-refractivity contribution in [2.75, 3.05) is 14.2 Å². The number of hydrogen-bond acceptors (Lipinski definition) is 5. The van der Waals surface area contributed by atoms with Gasteiger partial charge in [0.2, 0.25) is 5.88 Å². The van der Waals surface area contributed by atoms with E-state index in [2.05, 4.69) is 30.4 Å². The molecule has 2 heterocycles. The highest BCUT2D eigenvalue weighted by Crippen LogP contribution is 2.37. The summed E-state index contributed by atoms with van der Waals surface area (Å²) in [4.78, 5) is 5.21. The van der Waals surface area contributed by atoms with Crippen molar-refractivity contribution in [3.63, 3.8) is 0 Å². The molecule has 0 aliphatic rings. The Morgan fingerprint density at radius 1 is 1.14 bits per heavy atom. The van der Waals surface area contributed by atoms with Crippen LogP contribution >= 0.6 is 23.4 Å². The molecular weight excluding hydrogens is 394 g/mol. The van der Waals surface area contributed by atoms with Gasteiger partial charge >= 0.3 is 0 Å². The highest BCUT2D eigenvalue weighted by Gasteiger charge is 2.19. The average Bonchev–Trinajstić information content (AvgIpc) is 2.97. The molecule has 1 aromatic carbocycles. The number of aryl methyl sites for hydroxylation is 1. The van der Waals surface area contributed by atoms with E-state index in [4.69, 9.17) is 26.2 Å². The van der Waals surface area contributed by atoms with Crippen LogP contribution in [0.5, 0.6) is 11.6 Å². The quantitative estimate of drug-likeness (QED) is 0.502. The second kappa shape index (κ2) is 8.88. The minimum Gasteiger partial charge on any atom is -0.497 e. The molecule has 0 spiro atoms. The van der Waals surface area contributed by atoms with E-state index in [9.17, 15) is 0 Å². The van der Waals surface area contributed by atoms with Crippen LogP contribution in [0.2, 0.25) is 5.02 Å². The van der Waals surface area contributed by atoms with Crippen molar-refractivity contribution in [2.45, 2.75) is 43.2 Å². The first-order chi connectivity index (χ1) is 13.4. The summed E-state index contributed by atoms with van der Waals surface area (Å²) in [5, 5.41) is 6.55. The second-order valence-electron chi connectivity index (χ2n) is 6.72. The lowest BCUT2D eigenvalue weighted by molar-refractivity contribution is 0.397. The number of benzene rings is 1. The molecule has 28 heavy (non-hydrogen) atoms. The molecule has 0 N–H and O–H groups in total. The van der Waals surface area contributed by atoms with Crippen molar-refractivity contribution < 1.29 is 9.47 Å². The molecule has 0 bridgehead atoms. The summed E-state index contributed by atoms with van der Waals surface area (Å²) in [5.74, 6) is 1.35. The van der Waals surface area contributed by atoms with Crippen molar-refractivity contribution in [1.29, 1.82) is 0 Å². The molecule has 0 amide bonds. The highest BCUT2D eigenvalue weighted by molar-refractivity contribution is 7.99. The lowest BCUT2D eigenvalue weighted by atomic mass is 10.1. The van der Waals surface area contributed by atoms with E-state index in [1.54, 1.807) is 38.2 Å². The van der Waals surface area contributed by atoms with E-state index >= 15 is 0 Å². The van der Waals surface area contributed by atoms with Crippen molar-refractivity contribution >= 4 is 23.4 Å². The average molecular weight is 418 g/mol. The number of aromatic nitrogens is 3. The van der Waals surface area contributed by atoms with Crippen LogP contribution < -0.4 is 9.47 Å². The van der Waals surface area contributed by atoms with Gasteiger partial charge in [-0.15, -0.1) is 0 Å². The molecule has 0 radical (unpaired) electrons. The Balaban J connectivity index is 2.02. The third-order valence-corrected chi connectivity index (χ3v) is 5.65. The predicted octanol–water partition coefficient (Wildman–Crippen LogP) is 5.58. The Hall–Kier alpha value is -2.18. The molecule has 5 nitrogen and oxygen atoms in total. The highest BCUT2D eigenvalue weighted by atomic mass is 35.5. The maximum Gasteiger partial charge on any atom is 0.213 e. The monoisotopic (exact) mass is 417 g/mol. The molecule has 0 saturated heterocycles. The zero-order valence-corrected chi connectivity index (χ0v) is 18.3. The fraction of sp³-hybridized carbons (Fsp3) is 0.333. The third kappa shape index (κ3) is 4.62. The summed E-state index contributed by atoms with van der Waals surface area (Å²) in [6.07, 6.45) is 2.52. The Morgan fingerprint density at radius 2 is 1.93 bits per heavy atom. The zero-order valence-electron chi connectivity index (χ0n) is 16.7. The number of nitrogens with zero attached hydrogens (tertiary/aromatic N) is 3. The van der Waals surface area contributed by atoms with Crippen molar-refractivity contribution in [3.8, 4) is 11.6 Å². The van der Waals surface area contributed by atoms with Crippen LogP contribution in [0, 0.1) is 6.92 Å². The molecule has 7 heteroatoms. The van der Waals surface area contributed by atoms with Crippen LogP contribution in [0.4, 0.5) is 0 Å². The lowest BCUT2D eigenvalue weighted by Gasteiger charge is -2.13. The summed E-state index contributed by atoms with van der Waals surface area (Å²) >= 11 is 7.92. The Labute approximate surface area is 175 Å². The summed E-state index contributed by atoms with van der Waals surface area (Å²) in [5.41, 5.74) is 3.33. The normalized spacial score (nSPS) is 11.1. The zero-order chi connectivity index (χ0) is 20.3. The minimum atomic E-state index is 0.239. The van der Waals surface area contributed by atoms with E-state index < -0.39 is 0 Å². The van der Waals surface area contributed by atoms with Gasteiger partial charge in [-0.2, -0.15) is 5.10 Å². The molecule has 0 aliphatic heterocycles. The van der Waals surface area contributed by atoms with Crippen LogP contribution in [0.1, 0.15) is 36.7 Å². The van der Waals surface area contributed by atoms with Crippen molar-refractivity contribution in [3.05, 3.63) is 58.4 Å². The van der Waals surface area contributed by atoms with E-state index in [0.29, 0.717) is 10.9 Å². The molecule has 0 saturated carbocycles. The van der Waals surface area contributed by atoms with Gasteiger partial charge in [0, 0.05) is 40.2 Å². The number of ether oxygens (including phenoxy) is 2. The standard InChI is InChI=1S/C21H24ClN3O2S/c1-13(2)25-21(28-18-11-16(22)10-17(12-18)26-4)19(14(3)24-25)8-15-6-7-23-20(9-15)27-5/h6-7,9-13H,8H2,1-5H3.